The van der Waals surface area contributed by atoms with Gasteiger partial charge in [0.15, 0.2) is 23.2 Å². The number of nitrogens with zero attached hydrogens (tertiary/aromatic N) is 1. The van der Waals surface area contributed by atoms with E-state index in [-0.39, 0.29) is 11.7 Å². The topological polar surface area (TPSA) is 76.4 Å². The number of rotatable bonds is 6. The van der Waals surface area contributed by atoms with E-state index in [4.69, 9.17) is 44.6 Å². The largest absolute Gasteiger partial charge is 0.482 e. The third kappa shape index (κ3) is 6.22. The van der Waals surface area contributed by atoms with Crippen LogP contribution in [0, 0.1) is 6.92 Å². The van der Waals surface area contributed by atoms with Crippen molar-refractivity contribution in [3.05, 3.63) is 87.7 Å². The highest BCUT2D eigenvalue weighted by molar-refractivity contribution is 7.80. The van der Waals surface area contributed by atoms with E-state index in [9.17, 15) is 4.79 Å². The normalized spacial score (nSPS) is 10.8. The van der Waals surface area contributed by atoms with Gasteiger partial charge in [0, 0.05) is 17.1 Å². The molecule has 1 aromatic heterocycles. The van der Waals surface area contributed by atoms with Crippen LogP contribution < -0.4 is 15.4 Å². The molecule has 0 fully saturated rings. The van der Waals surface area contributed by atoms with Crippen molar-refractivity contribution in [2.24, 2.45) is 0 Å². The number of hydrogen-bond acceptors (Lipinski definition) is 5. The summed E-state index contributed by atoms with van der Waals surface area (Å²) in [6, 6.07) is 18.3. The number of aryl methyl sites for hydroxylation is 1. The second-order valence-corrected chi connectivity index (χ2v) is 8.57. The van der Waals surface area contributed by atoms with Gasteiger partial charge in [-0.1, -0.05) is 41.4 Å². The summed E-state index contributed by atoms with van der Waals surface area (Å²) in [5.74, 6) is 0.598. The van der Waals surface area contributed by atoms with Gasteiger partial charge in [0.1, 0.15) is 11.3 Å². The lowest BCUT2D eigenvalue weighted by Gasteiger charge is -2.11. The molecule has 0 spiro atoms. The van der Waals surface area contributed by atoms with Crippen molar-refractivity contribution in [2.75, 3.05) is 11.9 Å². The predicted octanol–water partition coefficient (Wildman–Crippen LogP) is 5.93. The van der Waals surface area contributed by atoms with Crippen molar-refractivity contribution in [2.45, 2.75) is 13.3 Å². The van der Waals surface area contributed by atoms with Crippen LogP contribution in [0.2, 0.25) is 10.0 Å². The van der Waals surface area contributed by atoms with Crippen LogP contribution in [-0.4, -0.2) is 22.6 Å². The fourth-order valence-corrected chi connectivity index (χ4v) is 3.80. The maximum Gasteiger partial charge on any atom is 0.264 e. The lowest BCUT2D eigenvalue weighted by atomic mass is 10.1. The van der Waals surface area contributed by atoms with Crippen LogP contribution in [0.3, 0.4) is 0 Å². The Bertz CT molecular complexity index is 1320. The van der Waals surface area contributed by atoms with E-state index in [1.165, 1.54) is 6.07 Å². The van der Waals surface area contributed by atoms with Crippen molar-refractivity contribution in [1.29, 1.82) is 0 Å². The van der Waals surface area contributed by atoms with Crippen LogP contribution in [0.25, 0.3) is 11.1 Å². The van der Waals surface area contributed by atoms with E-state index in [1.807, 2.05) is 49.4 Å². The number of thiocarbonyl (C=S) groups is 1. The van der Waals surface area contributed by atoms with Gasteiger partial charge in [-0.2, -0.15) is 0 Å². The number of nitrogens with one attached hydrogen (secondary N) is 2. The Balaban J connectivity index is 1.27. The van der Waals surface area contributed by atoms with E-state index in [0.29, 0.717) is 28.1 Å². The number of halogens is 2. The molecule has 0 radical (unpaired) electrons. The van der Waals surface area contributed by atoms with Gasteiger partial charge in [0.2, 0.25) is 0 Å². The molecule has 4 aromatic rings. The zero-order valence-corrected chi connectivity index (χ0v) is 19.9. The number of anilines is 1. The minimum absolute atomic E-state index is 0.160. The summed E-state index contributed by atoms with van der Waals surface area (Å²) in [5, 5.41) is 6.50. The molecule has 3 aromatic carbocycles. The molecule has 9 heteroatoms. The number of benzene rings is 3. The molecule has 0 aliphatic rings. The lowest BCUT2D eigenvalue weighted by molar-refractivity contribution is -0.121. The van der Waals surface area contributed by atoms with Crippen LogP contribution in [0.15, 0.2) is 65.1 Å². The maximum atomic E-state index is 12.1. The summed E-state index contributed by atoms with van der Waals surface area (Å²) in [6.45, 7) is 1.78. The lowest BCUT2D eigenvalue weighted by Crippen LogP contribution is -2.37. The Labute approximate surface area is 205 Å². The van der Waals surface area contributed by atoms with E-state index < -0.39 is 5.91 Å². The Morgan fingerprint density at radius 2 is 1.88 bits per heavy atom. The van der Waals surface area contributed by atoms with E-state index in [0.717, 1.165) is 27.9 Å². The highest BCUT2D eigenvalue weighted by atomic mass is 35.5. The van der Waals surface area contributed by atoms with Crippen LogP contribution in [0.5, 0.6) is 5.75 Å². The number of oxazole rings is 1. The van der Waals surface area contributed by atoms with Gasteiger partial charge >= 0.3 is 0 Å². The quantitative estimate of drug-likeness (QED) is 0.320. The zero-order valence-electron chi connectivity index (χ0n) is 17.5. The summed E-state index contributed by atoms with van der Waals surface area (Å²) in [4.78, 5) is 16.6. The minimum atomic E-state index is -0.415. The average Bonchev–Trinajstić information content (AvgIpc) is 3.15. The summed E-state index contributed by atoms with van der Waals surface area (Å²) >= 11 is 17.1. The van der Waals surface area contributed by atoms with Crippen LogP contribution >= 0.6 is 35.4 Å². The molecule has 0 saturated heterocycles. The third-order valence-electron chi connectivity index (χ3n) is 4.66. The van der Waals surface area contributed by atoms with E-state index in [1.54, 1.807) is 12.1 Å². The first-order valence-corrected chi connectivity index (χ1v) is 11.2. The molecular weight excluding hydrogens is 481 g/mol. The number of ether oxygens (including phenoxy) is 1. The molecule has 33 heavy (non-hydrogen) atoms. The Kier molecular flexibility index (Phi) is 7.13. The first-order valence-electron chi connectivity index (χ1n) is 9.99. The van der Waals surface area contributed by atoms with Crippen molar-refractivity contribution in [3.63, 3.8) is 0 Å². The van der Waals surface area contributed by atoms with Crippen LogP contribution in [0.4, 0.5) is 5.69 Å². The van der Waals surface area contributed by atoms with Gasteiger partial charge in [-0.05, 0) is 72.7 Å². The molecule has 0 atom stereocenters. The molecule has 1 heterocycles. The van der Waals surface area contributed by atoms with Crippen molar-refractivity contribution in [3.8, 4) is 5.75 Å². The molecule has 0 aliphatic heterocycles. The predicted molar refractivity (Wildman–Crippen MR) is 134 cm³/mol. The fraction of sp³-hybridized carbons (Fsp3) is 0.125. The summed E-state index contributed by atoms with van der Waals surface area (Å²) in [6.07, 6.45) is 0.569. The summed E-state index contributed by atoms with van der Waals surface area (Å²) in [5.41, 5.74) is 4.54. The molecule has 4 rings (SSSR count). The number of amides is 1. The molecule has 6 nitrogen and oxygen atoms in total. The minimum Gasteiger partial charge on any atom is -0.482 e. The van der Waals surface area contributed by atoms with E-state index >= 15 is 0 Å². The van der Waals surface area contributed by atoms with E-state index in [2.05, 4.69) is 15.6 Å². The van der Waals surface area contributed by atoms with Gasteiger partial charge in [-0.15, -0.1) is 0 Å². The molecule has 2 N–H and O–H groups in total. The molecule has 0 saturated carbocycles. The Morgan fingerprint density at radius 1 is 1.09 bits per heavy atom. The number of hydrogen-bond donors (Lipinski definition) is 2. The second-order valence-electron chi connectivity index (χ2n) is 7.32. The Morgan fingerprint density at radius 3 is 2.64 bits per heavy atom. The van der Waals surface area contributed by atoms with Crippen molar-refractivity contribution >= 4 is 63.2 Å². The highest BCUT2D eigenvalue weighted by Gasteiger charge is 2.10. The fourth-order valence-electron chi connectivity index (χ4n) is 3.10. The number of carbonyl (C=O) groups excluding carboxylic acids is 1. The smallest absolute Gasteiger partial charge is 0.264 e. The molecule has 168 valence electrons. The first-order chi connectivity index (χ1) is 15.9. The highest BCUT2D eigenvalue weighted by Crippen LogP contribution is 2.27. The SMILES string of the molecule is Cc1ccc2oc(Cc3ccc(NC(=S)NC(=O)COc4ccc(Cl)cc4Cl)cc3)nc2c1. The number of fused-ring (bicyclic) bond motifs is 1. The first kappa shape index (κ1) is 23.0. The second kappa shape index (κ2) is 10.2. The van der Waals surface area contributed by atoms with Crippen molar-refractivity contribution in [1.82, 2.24) is 10.3 Å². The standard InChI is InChI=1S/C24H19Cl2N3O3S/c1-14-2-8-21-19(10-14)28-23(32-21)11-15-3-6-17(7-4-15)27-24(33)29-22(30)13-31-20-9-5-16(25)12-18(20)26/h2-10,12H,11,13H2,1H3,(H2,27,29,30,33). The molecule has 0 unspecified atom stereocenters. The van der Waals surface area contributed by atoms with Gasteiger partial charge in [0.05, 0.1) is 5.02 Å². The summed E-state index contributed by atoms with van der Waals surface area (Å²) < 4.78 is 11.2. The van der Waals surface area contributed by atoms with Gasteiger partial charge in [-0.25, -0.2) is 4.98 Å². The molecule has 0 bridgehead atoms. The monoisotopic (exact) mass is 499 g/mol. The van der Waals surface area contributed by atoms with Crippen LogP contribution in [-0.2, 0) is 11.2 Å². The van der Waals surface area contributed by atoms with Crippen molar-refractivity contribution < 1.29 is 13.9 Å². The molecular formula is C24H19Cl2N3O3S. The number of carbonyl (C=O) groups is 1. The maximum absolute atomic E-state index is 12.1. The third-order valence-corrected chi connectivity index (χ3v) is 5.39. The summed E-state index contributed by atoms with van der Waals surface area (Å²) in [7, 11) is 0. The Hall–Kier alpha value is -3.13. The van der Waals surface area contributed by atoms with Gasteiger partial charge in [0.25, 0.3) is 5.91 Å². The number of aromatic nitrogens is 1. The molecule has 1 amide bonds. The zero-order chi connectivity index (χ0) is 23.4. The average molecular weight is 500 g/mol. The van der Waals surface area contributed by atoms with Gasteiger partial charge < -0.3 is 14.5 Å². The van der Waals surface area contributed by atoms with Gasteiger partial charge in [-0.3, -0.25) is 10.1 Å². The van der Waals surface area contributed by atoms with Crippen LogP contribution in [0.1, 0.15) is 17.0 Å². The molecule has 0 aliphatic carbocycles.